The molecule has 0 aromatic heterocycles. The second-order valence-corrected chi connectivity index (χ2v) is 3.78. The van der Waals surface area contributed by atoms with Crippen molar-refractivity contribution in [3.05, 3.63) is 34.1 Å². The van der Waals surface area contributed by atoms with Gasteiger partial charge in [-0.15, -0.1) is 0 Å². The van der Waals surface area contributed by atoms with E-state index in [1.54, 1.807) is 6.92 Å². The number of halogens is 2. The van der Waals surface area contributed by atoms with Gasteiger partial charge in [-0.25, -0.2) is 4.39 Å². The Kier molecular flexibility index (Phi) is 4.04. The van der Waals surface area contributed by atoms with E-state index in [2.05, 4.69) is 0 Å². The smallest absolute Gasteiger partial charge is 0.129 e. The summed E-state index contributed by atoms with van der Waals surface area (Å²) in [6.45, 7) is 1.51. The molecule has 0 bridgehead atoms. The molecule has 0 amide bonds. The van der Waals surface area contributed by atoms with Gasteiger partial charge in [0.25, 0.3) is 0 Å². The molecule has 3 nitrogen and oxygen atoms in total. The highest BCUT2D eigenvalue weighted by Crippen LogP contribution is 2.26. The van der Waals surface area contributed by atoms with Gasteiger partial charge in [0, 0.05) is 17.1 Å². The normalized spacial score (nSPS) is 15.1. The molecule has 0 spiro atoms. The highest BCUT2D eigenvalue weighted by Gasteiger charge is 2.21. The second kappa shape index (κ2) is 4.90. The third-order valence-electron chi connectivity index (χ3n) is 2.20. The van der Waals surface area contributed by atoms with Crippen LogP contribution in [-0.4, -0.2) is 22.9 Å². The second-order valence-electron chi connectivity index (χ2n) is 3.37. The maximum Gasteiger partial charge on any atom is 0.129 e. The molecular weight excluding hydrogens is 221 g/mol. The number of aliphatic hydroxyl groups is 2. The van der Waals surface area contributed by atoms with Crippen LogP contribution in [0, 0.1) is 12.7 Å². The maximum atomic E-state index is 13.4. The molecule has 1 aromatic carbocycles. The van der Waals surface area contributed by atoms with Crippen LogP contribution in [0.5, 0.6) is 0 Å². The van der Waals surface area contributed by atoms with E-state index in [9.17, 15) is 14.6 Å². The fourth-order valence-corrected chi connectivity index (χ4v) is 1.40. The predicted molar refractivity (Wildman–Crippen MR) is 56.2 cm³/mol. The van der Waals surface area contributed by atoms with Crippen LogP contribution in [-0.2, 0) is 0 Å². The van der Waals surface area contributed by atoms with E-state index in [4.69, 9.17) is 17.3 Å². The summed E-state index contributed by atoms with van der Waals surface area (Å²) < 4.78 is 13.4. The van der Waals surface area contributed by atoms with Gasteiger partial charge in [-0.05, 0) is 24.6 Å². The minimum absolute atomic E-state index is 0.0384. The average molecular weight is 234 g/mol. The highest BCUT2D eigenvalue weighted by molar-refractivity contribution is 6.31. The first-order valence-corrected chi connectivity index (χ1v) is 4.87. The molecule has 0 fully saturated rings. The van der Waals surface area contributed by atoms with Gasteiger partial charge in [0.15, 0.2) is 0 Å². The van der Waals surface area contributed by atoms with Crippen molar-refractivity contribution < 1.29 is 14.6 Å². The van der Waals surface area contributed by atoms with Gasteiger partial charge in [-0.3, -0.25) is 0 Å². The first kappa shape index (κ1) is 12.4. The van der Waals surface area contributed by atoms with Crippen molar-refractivity contribution in [2.75, 3.05) is 6.54 Å². The van der Waals surface area contributed by atoms with E-state index in [1.165, 1.54) is 12.1 Å². The molecule has 0 aliphatic rings. The molecule has 1 rings (SSSR count). The zero-order valence-corrected chi connectivity index (χ0v) is 9.00. The monoisotopic (exact) mass is 233 g/mol. The summed E-state index contributed by atoms with van der Waals surface area (Å²) in [7, 11) is 0. The average Bonchev–Trinajstić information content (AvgIpc) is 2.21. The lowest BCUT2D eigenvalue weighted by atomic mass is 10.0. The van der Waals surface area contributed by atoms with Gasteiger partial charge in [-0.1, -0.05) is 11.6 Å². The number of aryl methyl sites for hydroxylation is 1. The number of rotatable bonds is 3. The maximum absolute atomic E-state index is 13.4. The summed E-state index contributed by atoms with van der Waals surface area (Å²) in [5.41, 5.74) is 5.70. The third kappa shape index (κ3) is 2.66. The van der Waals surface area contributed by atoms with E-state index in [-0.39, 0.29) is 12.1 Å². The van der Waals surface area contributed by atoms with Crippen LogP contribution in [0.1, 0.15) is 17.2 Å². The summed E-state index contributed by atoms with van der Waals surface area (Å²) in [5.74, 6) is -0.600. The van der Waals surface area contributed by atoms with Crippen LogP contribution < -0.4 is 5.73 Å². The fourth-order valence-electron chi connectivity index (χ4n) is 1.22. The minimum Gasteiger partial charge on any atom is -0.389 e. The number of aliphatic hydroxyl groups excluding tert-OH is 2. The Bertz CT molecular complexity index is 360. The van der Waals surface area contributed by atoms with Gasteiger partial charge >= 0.3 is 0 Å². The van der Waals surface area contributed by atoms with Crippen molar-refractivity contribution in [3.63, 3.8) is 0 Å². The molecule has 15 heavy (non-hydrogen) atoms. The number of hydrogen-bond acceptors (Lipinski definition) is 3. The van der Waals surface area contributed by atoms with Crippen LogP contribution in [0.4, 0.5) is 4.39 Å². The van der Waals surface area contributed by atoms with Crippen molar-refractivity contribution in [2.24, 2.45) is 5.73 Å². The van der Waals surface area contributed by atoms with Gasteiger partial charge in [-0.2, -0.15) is 0 Å². The summed E-state index contributed by atoms with van der Waals surface area (Å²) >= 11 is 5.79. The Labute approximate surface area is 92.3 Å². The molecule has 1 aromatic rings. The molecule has 2 unspecified atom stereocenters. The number of hydrogen-bond donors (Lipinski definition) is 3. The molecule has 5 heteroatoms. The first-order valence-electron chi connectivity index (χ1n) is 4.49. The molecule has 0 saturated carbocycles. The fraction of sp³-hybridized carbons (Fsp3) is 0.400. The molecule has 0 saturated heterocycles. The van der Waals surface area contributed by atoms with E-state index in [0.717, 1.165) is 0 Å². The van der Waals surface area contributed by atoms with Crippen molar-refractivity contribution in [1.82, 2.24) is 0 Å². The predicted octanol–water partition coefficient (Wildman–Crippen LogP) is 1.14. The summed E-state index contributed by atoms with van der Waals surface area (Å²) in [6, 6.07) is 2.51. The van der Waals surface area contributed by atoms with Crippen molar-refractivity contribution in [2.45, 2.75) is 19.1 Å². The highest BCUT2D eigenvalue weighted by atomic mass is 35.5. The summed E-state index contributed by atoms with van der Waals surface area (Å²) in [4.78, 5) is 0. The van der Waals surface area contributed by atoms with Gasteiger partial charge in [0.1, 0.15) is 11.9 Å². The van der Waals surface area contributed by atoms with E-state index in [0.29, 0.717) is 10.6 Å². The van der Waals surface area contributed by atoms with Crippen LogP contribution in [0.25, 0.3) is 0 Å². The van der Waals surface area contributed by atoms with E-state index >= 15 is 0 Å². The minimum atomic E-state index is -1.35. The third-order valence-corrected chi connectivity index (χ3v) is 2.61. The molecule has 0 aliphatic carbocycles. The molecule has 0 aliphatic heterocycles. The van der Waals surface area contributed by atoms with Crippen LogP contribution in [0.15, 0.2) is 12.1 Å². The van der Waals surface area contributed by atoms with Gasteiger partial charge in [0.05, 0.1) is 6.10 Å². The summed E-state index contributed by atoms with van der Waals surface area (Å²) in [5, 5.41) is 19.2. The van der Waals surface area contributed by atoms with Crippen LogP contribution in [0.2, 0.25) is 5.02 Å². The summed E-state index contributed by atoms with van der Waals surface area (Å²) in [6.07, 6.45) is -2.55. The Hall–Kier alpha value is -0.680. The Morgan fingerprint density at radius 3 is 2.60 bits per heavy atom. The molecule has 0 radical (unpaired) electrons. The standard InChI is InChI=1S/C10H13ClFNO2/c1-5-2-8(12)6(3-7(5)11)10(15)9(14)4-13/h2-3,9-10,14-15H,4,13H2,1H3. The zero-order valence-electron chi connectivity index (χ0n) is 8.24. The lowest BCUT2D eigenvalue weighted by Gasteiger charge is -2.17. The lowest BCUT2D eigenvalue weighted by molar-refractivity contribution is 0.0222. The van der Waals surface area contributed by atoms with Gasteiger partial charge in [0.2, 0.25) is 0 Å². The molecular formula is C10H13ClFNO2. The molecule has 2 atom stereocenters. The van der Waals surface area contributed by atoms with Gasteiger partial charge < -0.3 is 15.9 Å². The Morgan fingerprint density at radius 1 is 1.47 bits per heavy atom. The molecule has 84 valence electrons. The lowest BCUT2D eigenvalue weighted by Crippen LogP contribution is -2.27. The topological polar surface area (TPSA) is 66.5 Å². The number of benzene rings is 1. The van der Waals surface area contributed by atoms with Crippen LogP contribution >= 0.6 is 11.6 Å². The van der Waals surface area contributed by atoms with E-state index < -0.39 is 18.0 Å². The van der Waals surface area contributed by atoms with E-state index in [1.807, 2.05) is 0 Å². The Morgan fingerprint density at radius 2 is 2.07 bits per heavy atom. The SMILES string of the molecule is Cc1cc(F)c(C(O)C(O)CN)cc1Cl. The molecule has 4 N–H and O–H groups in total. The largest absolute Gasteiger partial charge is 0.389 e. The van der Waals surface area contributed by atoms with Crippen molar-refractivity contribution in [3.8, 4) is 0 Å². The molecule has 0 heterocycles. The Balaban J connectivity index is 3.09. The quantitative estimate of drug-likeness (QED) is 0.734. The van der Waals surface area contributed by atoms with Crippen molar-refractivity contribution in [1.29, 1.82) is 0 Å². The van der Waals surface area contributed by atoms with Crippen molar-refractivity contribution >= 4 is 11.6 Å². The first-order chi connectivity index (χ1) is 6.97. The zero-order chi connectivity index (χ0) is 11.6. The van der Waals surface area contributed by atoms with Crippen LogP contribution in [0.3, 0.4) is 0 Å². The number of nitrogens with two attached hydrogens (primary N) is 1.